The second-order valence-electron chi connectivity index (χ2n) is 9.45. The fourth-order valence-electron chi connectivity index (χ4n) is 4.27. The molecule has 0 amide bonds. The van der Waals surface area contributed by atoms with Crippen LogP contribution in [0.2, 0.25) is 0 Å². The first-order valence-electron chi connectivity index (χ1n) is 14.2. The molecule has 0 radical (unpaired) electrons. The van der Waals surface area contributed by atoms with Crippen molar-refractivity contribution in [3.8, 4) is 11.5 Å². The number of aliphatic hydroxyl groups is 1. The number of aromatic nitrogens is 2. The van der Waals surface area contributed by atoms with Crippen molar-refractivity contribution < 1.29 is 41.9 Å². The van der Waals surface area contributed by atoms with Crippen LogP contribution in [0.4, 0.5) is 17.1 Å². The van der Waals surface area contributed by atoms with E-state index in [1.165, 1.54) is 25.6 Å². The molecule has 0 spiro atoms. The smallest absolute Gasteiger partial charge is 0.268 e. The minimum Gasteiger partial charge on any atom is -0.495 e. The molecular weight excluding hydrogens is 592 g/mol. The second kappa shape index (κ2) is 17.7. The highest BCUT2D eigenvalue weighted by atomic mass is 32.2. The van der Waals surface area contributed by atoms with Crippen molar-refractivity contribution in [3.63, 3.8) is 0 Å². The molecule has 1 aromatic heterocycles. The standard InChI is InChI=1S/C30H42N4O9S/c1-6-41-25-16-22(3)30(33-23-12-13-31-32-18-23)26(17-25)34(44(36,37)28-11-9-8-10-27(28)39-5)19-24(35)20-40-21-29(42-7-2)43-15-14-38-4/h8-13,16-18,24,29,35H,6-7,14-15,19-21H2,1-5H3,(H,31,33). The van der Waals surface area contributed by atoms with Gasteiger partial charge in [-0.15, -0.1) is 0 Å². The van der Waals surface area contributed by atoms with Crippen LogP contribution in [0.3, 0.4) is 0 Å². The lowest BCUT2D eigenvalue weighted by molar-refractivity contribution is -0.178. The Morgan fingerprint density at radius 3 is 2.48 bits per heavy atom. The second-order valence-corrected chi connectivity index (χ2v) is 11.3. The number of sulfonamides is 1. The zero-order valence-electron chi connectivity index (χ0n) is 25.8. The summed E-state index contributed by atoms with van der Waals surface area (Å²) in [7, 11) is -1.35. The van der Waals surface area contributed by atoms with Crippen LogP contribution in [0.25, 0.3) is 0 Å². The van der Waals surface area contributed by atoms with Gasteiger partial charge < -0.3 is 38.8 Å². The van der Waals surface area contributed by atoms with E-state index in [2.05, 4.69) is 15.5 Å². The zero-order valence-corrected chi connectivity index (χ0v) is 26.6. The summed E-state index contributed by atoms with van der Waals surface area (Å²) in [6, 6.07) is 11.4. The van der Waals surface area contributed by atoms with E-state index < -0.39 is 22.4 Å². The summed E-state index contributed by atoms with van der Waals surface area (Å²) < 4.78 is 63.0. The maximum atomic E-state index is 14.4. The summed E-state index contributed by atoms with van der Waals surface area (Å²) in [5, 5.41) is 22.2. The van der Waals surface area contributed by atoms with Crippen molar-refractivity contribution in [2.45, 2.75) is 38.1 Å². The van der Waals surface area contributed by atoms with Crippen molar-refractivity contribution in [2.24, 2.45) is 0 Å². The maximum Gasteiger partial charge on any atom is 0.268 e. The molecule has 0 aliphatic rings. The predicted octanol–water partition coefficient (Wildman–Crippen LogP) is 3.53. The van der Waals surface area contributed by atoms with Gasteiger partial charge in [0.05, 0.1) is 82.2 Å². The van der Waals surface area contributed by atoms with Crippen LogP contribution in [-0.2, 0) is 29.0 Å². The van der Waals surface area contributed by atoms with E-state index >= 15 is 0 Å². The molecule has 0 aliphatic heterocycles. The van der Waals surface area contributed by atoms with Gasteiger partial charge in [0.1, 0.15) is 16.4 Å². The number of benzene rings is 2. The van der Waals surface area contributed by atoms with Gasteiger partial charge in [-0.2, -0.15) is 10.2 Å². The Hall–Kier alpha value is -3.53. The number of anilines is 3. The summed E-state index contributed by atoms with van der Waals surface area (Å²) in [5.41, 5.74) is 1.99. The third kappa shape index (κ3) is 9.74. The van der Waals surface area contributed by atoms with Crippen molar-refractivity contribution in [1.29, 1.82) is 0 Å². The lowest BCUT2D eigenvalue weighted by atomic mass is 10.1. The van der Waals surface area contributed by atoms with Gasteiger partial charge in [0, 0.05) is 19.8 Å². The number of nitrogens with one attached hydrogen (secondary N) is 1. The van der Waals surface area contributed by atoms with Crippen molar-refractivity contribution >= 4 is 27.1 Å². The molecule has 0 saturated heterocycles. The highest BCUT2D eigenvalue weighted by Gasteiger charge is 2.32. The normalized spacial score (nSPS) is 12.9. The van der Waals surface area contributed by atoms with Gasteiger partial charge in [-0.25, -0.2) is 8.42 Å². The molecule has 2 atom stereocenters. The number of aryl methyl sites for hydroxylation is 1. The maximum absolute atomic E-state index is 14.4. The summed E-state index contributed by atoms with van der Waals surface area (Å²) in [6.45, 7) is 6.40. The molecule has 3 aromatic rings. The fraction of sp³-hybridized carbons (Fsp3) is 0.467. The molecule has 242 valence electrons. The average molecular weight is 635 g/mol. The van der Waals surface area contributed by atoms with E-state index in [1.807, 2.05) is 20.8 Å². The zero-order chi connectivity index (χ0) is 32.0. The van der Waals surface area contributed by atoms with Gasteiger partial charge in [-0.3, -0.25) is 4.31 Å². The Labute approximate surface area is 259 Å². The van der Waals surface area contributed by atoms with Crippen LogP contribution in [0.5, 0.6) is 11.5 Å². The summed E-state index contributed by atoms with van der Waals surface area (Å²) >= 11 is 0. The number of hydrogen-bond acceptors (Lipinski definition) is 12. The van der Waals surface area contributed by atoms with Crippen LogP contribution >= 0.6 is 0 Å². The Balaban J connectivity index is 2.02. The summed E-state index contributed by atoms with van der Waals surface area (Å²) in [5.74, 6) is 0.610. The van der Waals surface area contributed by atoms with E-state index in [-0.39, 0.29) is 36.1 Å². The number of hydrogen-bond donors (Lipinski definition) is 2. The van der Waals surface area contributed by atoms with Gasteiger partial charge in [0.25, 0.3) is 10.0 Å². The average Bonchev–Trinajstić information content (AvgIpc) is 3.01. The number of para-hydroxylation sites is 1. The number of rotatable bonds is 20. The summed E-state index contributed by atoms with van der Waals surface area (Å²) in [4.78, 5) is -0.0745. The van der Waals surface area contributed by atoms with E-state index in [1.54, 1.807) is 43.5 Å². The molecule has 1 heterocycles. The third-order valence-corrected chi connectivity index (χ3v) is 8.06. The topological polar surface area (TPSA) is 151 Å². The fourth-order valence-corrected chi connectivity index (χ4v) is 5.93. The lowest BCUT2D eigenvalue weighted by Crippen LogP contribution is -2.40. The molecular formula is C30H42N4O9S. The number of aliphatic hydroxyl groups excluding tert-OH is 1. The van der Waals surface area contributed by atoms with Gasteiger partial charge >= 0.3 is 0 Å². The largest absolute Gasteiger partial charge is 0.495 e. The molecule has 0 saturated carbocycles. The minimum atomic E-state index is -4.31. The van der Waals surface area contributed by atoms with E-state index in [0.29, 0.717) is 49.1 Å². The highest BCUT2D eigenvalue weighted by Crippen LogP contribution is 2.40. The SMILES string of the molecule is CCOc1cc(C)c(Nc2ccnnc2)c(N(CC(O)COCC(OCC)OCCOC)S(=O)(=O)c2ccccc2OC)c1. The molecule has 0 aliphatic carbocycles. The number of ether oxygens (including phenoxy) is 6. The third-order valence-electron chi connectivity index (χ3n) is 6.24. The molecule has 2 aromatic carbocycles. The quantitative estimate of drug-likeness (QED) is 0.138. The lowest BCUT2D eigenvalue weighted by Gasteiger charge is -2.30. The molecule has 14 heteroatoms. The Morgan fingerprint density at radius 1 is 1.00 bits per heavy atom. The van der Waals surface area contributed by atoms with Crippen LogP contribution in [0.15, 0.2) is 59.8 Å². The van der Waals surface area contributed by atoms with Crippen LogP contribution in [0, 0.1) is 6.92 Å². The molecule has 2 unspecified atom stereocenters. The predicted molar refractivity (Wildman–Crippen MR) is 165 cm³/mol. The van der Waals surface area contributed by atoms with Crippen LogP contribution in [0.1, 0.15) is 19.4 Å². The van der Waals surface area contributed by atoms with Gasteiger partial charge in [0.2, 0.25) is 0 Å². The van der Waals surface area contributed by atoms with E-state index in [9.17, 15) is 13.5 Å². The van der Waals surface area contributed by atoms with E-state index in [0.717, 1.165) is 4.31 Å². The molecule has 2 N–H and O–H groups in total. The van der Waals surface area contributed by atoms with Crippen molar-refractivity contribution in [1.82, 2.24) is 10.2 Å². The first-order valence-corrected chi connectivity index (χ1v) is 15.6. The minimum absolute atomic E-state index is 0.0225. The Morgan fingerprint density at radius 2 is 1.80 bits per heavy atom. The number of nitrogens with zero attached hydrogens (tertiary/aromatic N) is 3. The van der Waals surface area contributed by atoms with Gasteiger partial charge in [-0.05, 0) is 50.6 Å². The molecule has 13 nitrogen and oxygen atoms in total. The van der Waals surface area contributed by atoms with Gasteiger partial charge in [-0.1, -0.05) is 12.1 Å². The Bertz CT molecular complexity index is 1400. The first kappa shape index (κ1) is 35.0. The molecule has 3 rings (SSSR count). The Kier molecular flexibility index (Phi) is 14.1. The van der Waals surface area contributed by atoms with E-state index in [4.69, 9.17) is 28.4 Å². The van der Waals surface area contributed by atoms with Crippen LogP contribution < -0.4 is 19.1 Å². The molecule has 0 fully saturated rings. The van der Waals surface area contributed by atoms with Crippen LogP contribution in [-0.4, -0.2) is 96.5 Å². The van der Waals surface area contributed by atoms with Crippen molar-refractivity contribution in [3.05, 3.63) is 60.4 Å². The highest BCUT2D eigenvalue weighted by molar-refractivity contribution is 7.93. The number of methoxy groups -OCH3 is 2. The van der Waals surface area contributed by atoms with Gasteiger partial charge in [0.15, 0.2) is 6.29 Å². The first-order chi connectivity index (χ1) is 21.2. The summed E-state index contributed by atoms with van der Waals surface area (Å²) in [6.07, 6.45) is 1.12. The molecule has 44 heavy (non-hydrogen) atoms. The molecule has 0 bridgehead atoms. The monoisotopic (exact) mass is 634 g/mol. The van der Waals surface area contributed by atoms with Crippen molar-refractivity contribution in [2.75, 3.05) is 70.0 Å².